The Labute approximate surface area is 226 Å². The highest BCUT2D eigenvalue weighted by molar-refractivity contribution is 8.45. The Kier molecular flexibility index (Phi) is 7.65. The molecule has 1 aliphatic heterocycles. The van der Waals surface area contributed by atoms with E-state index in [1.165, 1.54) is 31.6 Å². The lowest BCUT2D eigenvalue weighted by molar-refractivity contribution is -0.128. The lowest BCUT2D eigenvalue weighted by Gasteiger charge is -2.41. The third kappa shape index (κ3) is 7.04. The van der Waals surface area contributed by atoms with E-state index in [4.69, 9.17) is 4.74 Å². The van der Waals surface area contributed by atoms with Crippen molar-refractivity contribution >= 4 is 27.7 Å². The standard InChI is InChI=1S/C25H29F7N4O3S/c1-39-19-13-21(34-15-19)24(38)36(18-4-6-20(7-5-18)40(28,29,30,31)32)22(16-3-2-12-33-14-16)23(37)35-17-8-10-25(26,27)11-9-17/h2-7,12,14,17,19,21-22,34H,8-11,13,15H2,1H3,(H,35,37). The maximum Gasteiger partial charge on any atom is 0.310 e. The number of carbonyl (C=O) groups is 2. The van der Waals surface area contributed by atoms with Gasteiger partial charge in [0, 0.05) is 56.2 Å². The van der Waals surface area contributed by atoms with E-state index in [-0.39, 0.29) is 55.3 Å². The molecule has 2 aliphatic rings. The van der Waals surface area contributed by atoms with Crippen LogP contribution in [0.5, 0.6) is 0 Å². The summed E-state index contributed by atoms with van der Waals surface area (Å²) in [5, 5.41) is 5.64. The second kappa shape index (κ2) is 10.2. The maximum atomic E-state index is 13.9. The molecule has 0 spiro atoms. The Morgan fingerprint density at radius 1 is 1.10 bits per heavy atom. The first-order valence-electron chi connectivity index (χ1n) is 12.5. The number of hydrogen-bond donors (Lipinski definition) is 2. The number of benzene rings is 1. The van der Waals surface area contributed by atoms with Crippen molar-refractivity contribution in [1.82, 2.24) is 15.6 Å². The fourth-order valence-electron chi connectivity index (χ4n) is 4.93. The molecule has 0 bridgehead atoms. The molecule has 1 aliphatic carbocycles. The van der Waals surface area contributed by atoms with E-state index >= 15 is 0 Å². The number of halogens is 7. The van der Waals surface area contributed by atoms with Crippen LogP contribution in [0.2, 0.25) is 0 Å². The summed E-state index contributed by atoms with van der Waals surface area (Å²) in [4.78, 5) is 30.3. The van der Waals surface area contributed by atoms with Crippen LogP contribution in [0.15, 0.2) is 53.7 Å². The summed E-state index contributed by atoms with van der Waals surface area (Å²) >= 11 is 0. The highest BCUT2D eigenvalue weighted by Gasteiger charge is 2.65. The number of hydrogen-bond acceptors (Lipinski definition) is 5. The number of pyridine rings is 1. The number of methoxy groups -OCH3 is 1. The Hall–Kier alpha value is -2.91. The largest absolute Gasteiger partial charge is 0.380 e. The molecule has 40 heavy (non-hydrogen) atoms. The smallest absolute Gasteiger partial charge is 0.310 e. The van der Waals surface area contributed by atoms with Gasteiger partial charge in [0.05, 0.1) is 12.1 Å². The first kappa shape index (κ1) is 30.1. The zero-order valence-electron chi connectivity index (χ0n) is 21.3. The Balaban J connectivity index is 1.75. The van der Waals surface area contributed by atoms with Crippen molar-refractivity contribution in [1.29, 1.82) is 0 Å². The van der Waals surface area contributed by atoms with Crippen LogP contribution in [0.1, 0.15) is 43.7 Å². The van der Waals surface area contributed by atoms with Gasteiger partial charge in [-0.3, -0.25) is 19.5 Å². The number of alkyl halides is 2. The fourth-order valence-corrected chi connectivity index (χ4v) is 5.58. The van der Waals surface area contributed by atoms with Gasteiger partial charge in [-0.2, -0.15) is 0 Å². The van der Waals surface area contributed by atoms with Crippen molar-refractivity contribution in [2.45, 2.75) is 67.2 Å². The molecule has 2 fully saturated rings. The van der Waals surface area contributed by atoms with Crippen LogP contribution >= 0.6 is 10.2 Å². The zero-order valence-corrected chi connectivity index (χ0v) is 22.2. The molecule has 15 heteroatoms. The summed E-state index contributed by atoms with van der Waals surface area (Å²) in [6, 6.07) is 1.62. The minimum Gasteiger partial charge on any atom is -0.380 e. The monoisotopic (exact) mass is 598 g/mol. The van der Waals surface area contributed by atoms with E-state index in [2.05, 4.69) is 15.6 Å². The normalized spacial score (nSPS) is 24.0. The molecular formula is C25H29F7N4O3S. The predicted molar refractivity (Wildman–Crippen MR) is 135 cm³/mol. The number of ether oxygens (including phenoxy) is 1. The molecule has 0 radical (unpaired) electrons. The molecule has 2 heterocycles. The quantitative estimate of drug-likeness (QED) is 0.371. The van der Waals surface area contributed by atoms with Gasteiger partial charge in [0.15, 0.2) is 0 Å². The van der Waals surface area contributed by atoms with Gasteiger partial charge in [-0.25, -0.2) is 8.78 Å². The minimum absolute atomic E-state index is 0.0231. The number of aromatic nitrogens is 1. The summed E-state index contributed by atoms with van der Waals surface area (Å²) in [5.41, 5.74) is -0.0787. The topological polar surface area (TPSA) is 83.6 Å². The molecule has 1 aromatic heterocycles. The van der Waals surface area contributed by atoms with Gasteiger partial charge in [0.25, 0.3) is 0 Å². The van der Waals surface area contributed by atoms with E-state index in [0.29, 0.717) is 12.1 Å². The number of nitrogens with one attached hydrogen (secondary N) is 2. The lowest BCUT2D eigenvalue weighted by atomic mass is 9.91. The van der Waals surface area contributed by atoms with Gasteiger partial charge in [0.1, 0.15) is 10.9 Å². The summed E-state index contributed by atoms with van der Waals surface area (Å²) < 4.78 is 99.6. The van der Waals surface area contributed by atoms with Crippen LogP contribution in [0.3, 0.4) is 0 Å². The van der Waals surface area contributed by atoms with Crippen molar-refractivity contribution in [2.75, 3.05) is 18.6 Å². The molecule has 1 aromatic carbocycles. The van der Waals surface area contributed by atoms with Crippen LogP contribution in [0.25, 0.3) is 0 Å². The van der Waals surface area contributed by atoms with Gasteiger partial charge >= 0.3 is 10.2 Å². The third-order valence-electron chi connectivity index (χ3n) is 7.09. The van der Waals surface area contributed by atoms with Crippen molar-refractivity contribution in [3.8, 4) is 0 Å². The van der Waals surface area contributed by atoms with Crippen LogP contribution in [-0.2, 0) is 14.3 Å². The van der Waals surface area contributed by atoms with E-state index < -0.39 is 63.8 Å². The summed E-state index contributed by atoms with van der Waals surface area (Å²) in [7, 11) is -8.58. The number of carbonyl (C=O) groups excluding carboxylic acids is 2. The van der Waals surface area contributed by atoms with E-state index in [9.17, 15) is 37.8 Å². The second-order valence-electron chi connectivity index (χ2n) is 10.1. The molecule has 3 unspecified atom stereocenters. The average molecular weight is 599 g/mol. The van der Waals surface area contributed by atoms with Gasteiger partial charge in [-0.05, 0) is 49.6 Å². The Morgan fingerprint density at radius 3 is 2.27 bits per heavy atom. The lowest BCUT2D eigenvalue weighted by Crippen LogP contribution is -2.52. The number of amides is 2. The molecule has 2 amide bonds. The molecule has 2 aromatic rings. The molecule has 4 rings (SSSR count). The average Bonchev–Trinajstić information content (AvgIpc) is 3.37. The van der Waals surface area contributed by atoms with E-state index in [0.717, 1.165) is 4.90 Å². The van der Waals surface area contributed by atoms with Crippen LogP contribution in [0, 0.1) is 0 Å². The fraction of sp³-hybridized carbons (Fsp3) is 0.480. The highest BCUT2D eigenvalue weighted by atomic mass is 32.5. The van der Waals surface area contributed by atoms with E-state index in [1.54, 1.807) is 0 Å². The predicted octanol–water partition coefficient (Wildman–Crippen LogP) is 5.88. The van der Waals surface area contributed by atoms with Crippen LogP contribution in [-0.4, -0.2) is 54.6 Å². The Bertz CT molecular complexity index is 1220. The van der Waals surface area contributed by atoms with Gasteiger partial charge in [-0.15, -0.1) is 0 Å². The summed E-state index contributed by atoms with van der Waals surface area (Å²) in [6.07, 6.45) is 1.56. The molecule has 1 saturated carbocycles. The zero-order chi connectivity index (χ0) is 29.4. The minimum atomic E-state index is -10.0. The summed E-state index contributed by atoms with van der Waals surface area (Å²) in [5.74, 6) is -4.36. The first-order chi connectivity index (χ1) is 18.5. The molecular weight excluding hydrogens is 569 g/mol. The maximum absolute atomic E-state index is 13.9. The molecule has 1 saturated heterocycles. The molecule has 222 valence electrons. The van der Waals surface area contributed by atoms with Crippen molar-refractivity contribution in [3.05, 3.63) is 54.4 Å². The third-order valence-corrected chi connectivity index (χ3v) is 8.25. The van der Waals surface area contributed by atoms with Gasteiger partial charge in [-0.1, -0.05) is 25.5 Å². The van der Waals surface area contributed by atoms with Crippen molar-refractivity contribution < 1.29 is 42.5 Å². The van der Waals surface area contributed by atoms with Crippen LogP contribution in [0.4, 0.5) is 33.9 Å². The highest BCUT2D eigenvalue weighted by Crippen LogP contribution is 3.02. The summed E-state index contributed by atoms with van der Waals surface area (Å²) in [6.45, 7) is 0.282. The molecule has 7 nitrogen and oxygen atoms in total. The second-order valence-corrected chi connectivity index (χ2v) is 12.5. The Morgan fingerprint density at radius 2 is 1.75 bits per heavy atom. The molecule has 3 atom stereocenters. The van der Waals surface area contributed by atoms with Gasteiger partial charge in [0.2, 0.25) is 17.7 Å². The van der Waals surface area contributed by atoms with Gasteiger partial charge < -0.3 is 15.4 Å². The molecule has 2 N–H and O–H groups in total. The number of anilines is 1. The van der Waals surface area contributed by atoms with Crippen molar-refractivity contribution in [2.24, 2.45) is 0 Å². The first-order valence-corrected chi connectivity index (χ1v) is 14.4. The van der Waals surface area contributed by atoms with Crippen LogP contribution < -0.4 is 15.5 Å². The number of nitrogens with zero attached hydrogens (tertiary/aromatic N) is 2. The van der Waals surface area contributed by atoms with E-state index in [1.807, 2.05) is 0 Å². The van der Waals surface area contributed by atoms with Crippen molar-refractivity contribution in [3.63, 3.8) is 0 Å². The SMILES string of the molecule is COC1CNC(C(=O)N(c2ccc(S(F)(F)(F)(F)F)cc2)C(C(=O)NC2CCC(F)(F)CC2)c2cccnc2)C1. The number of rotatable bonds is 8.